The molecule has 1 saturated heterocycles. The van der Waals surface area contributed by atoms with Crippen LogP contribution in [0.4, 0.5) is 5.69 Å². The second kappa shape index (κ2) is 4.11. The quantitative estimate of drug-likeness (QED) is 0.732. The van der Waals surface area contributed by atoms with Crippen molar-refractivity contribution in [2.75, 3.05) is 31.1 Å². The summed E-state index contributed by atoms with van der Waals surface area (Å²) < 4.78 is 1.15. The Hall–Kier alpha value is -0.540. The third-order valence-electron chi connectivity index (χ3n) is 2.23. The van der Waals surface area contributed by atoms with Crippen molar-refractivity contribution in [1.82, 2.24) is 5.32 Å². The van der Waals surface area contributed by atoms with E-state index in [0.717, 1.165) is 30.7 Å². The molecule has 0 atom stereocenters. The van der Waals surface area contributed by atoms with E-state index in [0.29, 0.717) is 0 Å². The standard InChI is InChI=1S/C10H12BrN2/c11-9-2-1-3-10(8-9)13-6-4-12-5-7-13/h1-3,8H,4-7H2. The Morgan fingerprint density at radius 3 is 2.69 bits per heavy atom. The monoisotopic (exact) mass is 239 g/mol. The molecule has 0 N–H and O–H groups in total. The number of hydrogen-bond donors (Lipinski definition) is 0. The second-order valence-corrected chi connectivity index (χ2v) is 4.05. The van der Waals surface area contributed by atoms with Gasteiger partial charge in [-0.3, -0.25) is 0 Å². The lowest BCUT2D eigenvalue weighted by Crippen LogP contribution is -2.40. The number of halogens is 1. The molecule has 3 heteroatoms. The summed E-state index contributed by atoms with van der Waals surface area (Å²) in [5.74, 6) is 0. The van der Waals surface area contributed by atoms with Crippen molar-refractivity contribution in [1.29, 1.82) is 0 Å². The van der Waals surface area contributed by atoms with Crippen LogP contribution in [-0.4, -0.2) is 26.2 Å². The topological polar surface area (TPSA) is 17.3 Å². The maximum atomic E-state index is 4.32. The van der Waals surface area contributed by atoms with Crippen LogP contribution in [0.5, 0.6) is 0 Å². The summed E-state index contributed by atoms with van der Waals surface area (Å²) in [6.07, 6.45) is 0. The van der Waals surface area contributed by atoms with Crippen molar-refractivity contribution in [2.24, 2.45) is 0 Å². The van der Waals surface area contributed by atoms with Gasteiger partial charge in [0.15, 0.2) is 0 Å². The molecular weight excluding hydrogens is 228 g/mol. The molecule has 2 rings (SSSR count). The zero-order chi connectivity index (χ0) is 9.10. The van der Waals surface area contributed by atoms with Crippen molar-refractivity contribution < 1.29 is 0 Å². The molecule has 1 heterocycles. The van der Waals surface area contributed by atoms with Crippen molar-refractivity contribution >= 4 is 21.6 Å². The number of benzene rings is 1. The Bertz CT molecular complexity index is 282. The third kappa shape index (κ3) is 2.23. The van der Waals surface area contributed by atoms with E-state index in [1.165, 1.54) is 5.69 Å². The molecule has 0 unspecified atom stereocenters. The molecule has 0 spiro atoms. The minimum absolute atomic E-state index is 0.965. The van der Waals surface area contributed by atoms with Gasteiger partial charge in [-0.05, 0) is 18.2 Å². The number of nitrogens with zero attached hydrogens (tertiary/aromatic N) is 2. The van der Waals surface area contributed by atoms with Gasteiger partial charge < -0.3 is 4.90 Å². The second-order valence-electron chi connectivity index (χ2n) is 3.14. The average molecular weight is 240 g/mol. The molecule has 0 aromatic heterocycles. The van der Waals surface area contributed by atoms with Gasteiger partial charge in [-0.15, -0.1) is 0 Å². The van der Waals surface area contributed by atoms with Gasteiger partial charge in [0.2, 0.25) is 0 Å². The molecule has 1 aliphatic heterocycles. The molecule has 0 bridgehead atoms. The highest BCUT2D eigenvalue weighted by Gasteiger charge is 2.10. The van der Waals surface area contributed by atoms with Crippen molar-refractivity contribution in [3.8, 4) is 0 Å². The molecule has 69 valence electrons. The largest absolute Gasteiger partial charge is 0.369 e. The molecule has 13 heavy (non-hydrogen) atoms. The first-order chi connectivity index (χ1) is 6.36. The number of rotatable bonds is 1. The molecule has 1 radical (unpaired) electrons. The Labute approximate surface area is 87.1 Å². The third-order valence-corrected chi connectivity index (χ3v) is 2.72. The summed E-state index contributed by atoms with van der Waals surface area (Å²) >= 11 is 3.48. The van der Waals surface area contributed by atoms with Gasteiger partial charge in [0, 0.05) is 36.3 Å². The fourth-order valence-corrected chi connectivity index (χ4v) is 1.92. The summed E-state index contributed by atoms with van der Waals surface area (Å²) in [4.78, 5) is 2.37. The molecule has 0 aliphatic carbocycles. The minimum Gasteiger partial charge on any atom is -0.369 e. The molecular formula is C10H12BrN2. The Kier molecular flexibility index (Phi) is 2.86. The van der Waals surface area contributed by atoms with Gasteiger partial charge in [0.25, 0.3) is 0 Å². The summed E-state index contributed by atoms with van der Waals surface area (Å²) in [6.45, 7) is 4.03. The van der Waals surface area contributed by atoms with E-state index in [9.17, 15) is 0 Å². The van der Waals surface area contributed by atoms with E-state index >= 15 is 0 Å². The van der Waals surface area contributed by atoms with Gasteiger partial charge in [-0.1, -0.05) is 22.0 Å². The number of piperazine rings is 1. The summed E-state index contributed by atoms with van der Waals surface area (Å²) in [7, 11) is 0. The lowest BCUT2D eigenvalue weighted by atomic mass is 10.2. The van der Waals surface area contributed by atoms with Gasteiger partial charge >= 0.3 is 0 Å². The van der Waals surface area contributed by atoms with Crippen LogP contribution in [0.3, 0.4) is 0 Å². The summed E-state index contributed by atoms with van der Waals surface area (Å²) in [5.41, 5.74) is 1.30. The van der Waals surface area contributed by atoms with Gasteiger partial charge in [-0.25, -0.2) is 5.32 Å². The molecule has 1 aromatic rings. The molecule has 1 aliphatic rings. The van der Waals surface area contributed by atoms with Gasteiger partial charge in [0.05, 0.1) is 0 Å². The number of anilines is 1. The predicted octanol–water partition coefficient (Wildman–Crippen LogP) is 1.87. The minimum atomic E-state index is 0.965. The first-order valence-corrected chi connectivity index (χ1v) is 5.29. The van der Waals surface area contributed by atoms with Crippen molar-refractivity contribution in [3.05, 3.63) is 28.7 Å². The molecule has 0 saturated carbocycles. The lowest BCUT2D eigenvalue weighted by molar-refractivity contribution is 0.579. The van der Waals surface area contributed by atoms with Crippen LogP contribution >= 0.6 is 15.9 Å². The zero-order valence-electron chi connectivity index (χ0n) is 7.41. The fraction of sp³-hybridized carbons (Fsp3) is 0.400. The molecule has 1 aromatic carbocycles. The highest BCUT2D eigenvalue weighted by Crippen LogP contribution is 2.19. The van der Waals surface area contributed by atoms with Crippen LogP contribution in [0.1, 0.15) is 0 Å². The molecule has 2 nitrogen and oxygen atoms in total. The Balaban J connectivity index is 2.14. The molecule has 1 fully saturated rings. The Morgan fingerprint density at radius 1 is 1.23 bits per heavy atom. The van der Waals surface area contributed by atoms with E-state index in [-0.39, 0.29) is 0 Å². The normalized spacial score (nSPS) is 17.5. The van der Waals surface area contributed by atoms with Gasteiger partial charge in [0.1, 0.15) is 0 Å². The van der Waals surface area contributed by atoms with Crippen LogP contribution < -0.4 is 10.2 Å². The smallest absolute Gasteiger partial charge is 0.0378 e. The van der Waals surface area contributed by atoms with E-state index in [2.05, 4.69) is 50.4 Å². The van der Waals surface area contributed by atoms with Crippen molar-refractivity contribution in [2.45, 2.75) is 0 Å². The maximum absolute atomic E-state index is 4.32. The van der Waals surface area contributed by atoms with Gasteiger partial charge in [-0.2, -0.15) is 0 Å². The SMILES string of the molecule is Brc1cccc(N2CC[N]CC2)c1. The maximum Gasteiger partial charge on any atom is 0.0378 e. The van der Waals surface area contributed by atoms with Crippen LogP contribution in [-0.2, 0) is 0 Å². The Morgan fingerprint density at radius 2 is 2.00 bits per heavy atom. The van der Waals surface area contributed by atoms with Crippen molar-refractivity contribution in [3.63, 3.8) is 0 Å². The highest BCUT2D eigenvalue weighted by atomic mass is 79.9. The number of hydrogen-bond acceptors (Lipinski definition) is 1. The van der Waals surface area contributed by atoms with Crippen LogP contribution in [0.25, 0.3) is 0 Å². The van der Waals surface area contributed by atoms with Crippen LogP contribution in [0.2, 0.25) is 0 Å². The van der Waals surface area contributed by atoms with E-state index in [4.69, 9.17) is 0 Å². The molecule has 0 amide bonds. The fourth-order valence-electron chi connectivity index (χ4n) is 1.54. The lowest BCUT2D eigenvalue weighted by Gasteiger charge is -2.28. The summed E-state index contributed by atoms with van der Waals surface area (Å²) in [5, 5.41) is 4.32. The first-order valence-electron chi connectivity index (χ1n) is 4.50. The van der Waals surface area contributed by atoms with E-state index < -0.39 is 0 Å². The van der Waals surface area contributed by atoms with Crippen LogP contribution in [0, 0.1) is 0 Å². The average Bonchev–Trinajstić information content (AvgIpc) is 2.19. The summed E-state index contributed by atoms with van der Waals surface area (Å²) in [6, 6.07) is 8.43. The zero-order valence-corrected chi connectivity index (χ0v) is 9.00. The first kappa shape index (κ1) is 9.03. The van der Waals surface area contributed by atoms with E-state index in [1.807, 2.05) is 0 Å². The predicted molar refractivity (Wildman–Crippen MR) is 58.2 cm³/mol. The van der Waals surface area contributed by atoms with E-state index in [1.54, 1.807) is 0 Å². The highest BCUT2D eigenvalue weighted by molar-refractivity contribution is 9.10. The van der Waals surface area contributed by atoms with Crippen LogP contribution in [0.15, 0.2) is 28.7 Å².